The lowest BCUT2D eigenvalue weighted by Crippen LogP contribution is -1.60. The molecule has 6 radical (unpaired) electrons. The molecule has 0 aromatic heterocycles. The minimum absolute atomic E-state index is 1.09. The van der Waals surface area contributed by atoms with Crippen LogP contribution in [0.3, 0.4) is 0 Å². The quantitative estimate of drug-likeness (QED) is 0.403. The van der Waals surface area contributed by atoms with Crippen molar-refractivity contribution in [3.63, 3.8) is 0 Å². The molecule has 0 aliphatic rings. The first-order valence-electron chi connectivity index (χ1n) is 1.54. The average Bonchev–Trinajstić information content (AvgIpc) is 1.61. The smallest absolute Gasteiger partial charge is 0.0346 e. The van der Waals surface area contributed by atoms with E-state index in [1.165, 1.54) is 15.7 Å². The predicted octanol–water partition coefficient (Wildman–Crippen LogP) is 1.05. The predicted molar refractivity (Wildman–Crippen MR) is 35.1 cm³/mol. The first-order valence-corrected chi connectivity index (χ1v) is 5.82. The Morgan fingerprint density at radius 3 is 1.50 bits per heavy atom. The molecule has 0 N–H and O–H groups in total. The molecule has 30 valence electrons. The van der Waals surface area contributed by atoms with Crippen LogP contribution in [0.2, 0.25) is 0 Å². The minimum atomic E-state index is 1.09. The summed E-state index contributed by atoms with van der Waals surface area (Å²) in [5, 5.41) is 0. The van der Waals surface area contributed by atoms with Crippen molar-refractivity contribution in [2.75, 3.05) is 11.6 Å². The van der Waals surface area contributed by atoms with Crippen molar-refractivity contribution >= 4 is 36.2 Å². The summed E-state index contributed by atoms with van der Waals surface area (Å²) < 4.78 is 0. The first kappa shape index (κ1) is 7.03. The van der Waals surface area contributed by atoms with E-state index in [1.54, 1.807) is 0 Å². The van der Waals surface area contributed by atoms with Gasteiger partial charge in [0.1, 0.15) is 0 Å². The van der Waals surface area contributed by atoms with Crippen LogP contribution in [-0.2, 0) is 0 Å². The van der Waals surface area contributed by atoms with Gasteiger partial charge in [-0.15, -0.1) is 0 Å². The topological polar surface area (TPSA) is 0 Å². The normalized spacial score (nSPS) is 10.3. The molecule has 4 heteroatoms. The zero-order valence-corrected chi connectivity index (χ0v) is 7.10. The third-order valence-electron chi connectivity index (χ3n) is 0.241. The zero-order valence-electron chi connectivity index (χ0n) is 3.31. The number of hydrogen-bond acceptors (Lipinski definition) is 0. The Kier molecular flexibility index (Phi) is 7.07. The average molecular weight is 146 g/mol. The molecule has 0 aliphatic heterocycles. The van der Waals surface area contributed by atoms with Crippen LogP contribution >= 0.6 is 15.7 Å². The van der Waals surface area contributed by atoms with E-state index in [2.05, 4.69) is 20.5 Å². The summed E-state index contributed by atoms with van der Waals surface area (Å²) in [5.74, 6) is 2.18. The van der Waals surface area contributed by atoms with Gasteiger partial charge >= 0.3 is 0 Å². The molecule has 0 unspecified atom stereocenters. The van der Waals surface area contributed by atoms with Crippen LogP contribution in [0, 0.1) is 0 Å². The highest BCUT2D eigenvalue weighted by molar-refractivity contribution is 7.84. The summed E-state index contributed by atoms with van der Waals surface area (Å²) in [7, 11) is 9.60. The SMILES string of the molecule is [Si]CP=PC[Si]. The van der Waals surface area contributed by atoms with E-state index < -0.39 is 0 Å². The Bertz CT molecular complexity index is 38.8. The van der Waals surface area contributed by atoms with Crippen molar-refractivity contribution in [1.82, 2.24) is 0 Å². The van der Waals surface area contributed by atoms with Crippen LogP contribution in [0.25, 0.3) is 0 Å². The molecule has 0 aromatic carbocycles. The van der Waals surface area contributed by atoms with E-state index in [-0.39, 0.29) is 0 Å². The zero-order chi connectivity index (χ0) is 4.83. The Hall–Kier alpha value is 1.03. The van der Waals surface area contributed by atoms with Crippen molar-refractivity contribution in [2.45, 2.75) is 0 Å². The molecule has 6 heavy (non-hydrogen) atoms. The van der Waals surface area contributed by atoms with Gasteiger partial charge in [-0.25, -0.2) is 0 Å². The molecule has 0 nitrogen and oxygen atoms in total. The van der Waals surface area contributed by atoms with Crippen LogP contribution in [0.5, 0.6) is 0 Å². The summed E-state index contributed by atoms with van der Waals surface area (Å²) in [4.78, 5) is 0. The molecule has 0 saturated carbocycles. The van der Waals surface area contributed by atoms with E-state index in [0.29, 0.717) is 0 Å². The second-order valence-electron chi connectivity index (χ2n) is 0.599. The highest BCUT2D eigenvalue weighted by atomic mass is 31.7. The van der Waals surface area contributed by atoms with Crippen LogP contribution < -0.4 is 0 Å². The molecule has 0 bridgehead atoms. The van der Waals surface area contributed by atoms with Gasteiger partial charge in [-0.05, 0) is 11.6 Å². The van der Waals surface area contributed by atoms with Gasteiger partial charge < -0.3 is 0 Å². The molecule has 0 atom stereocenters. The van der Waals surface area contributed by atoms with Gasteiger partial charge in [-0.3, -0.25) is 0 Å². The Morgan fingerprint density at radius 2 is 1.33 bits per heavy atom. The fourth-order valence-electron chi connectivity index (χ4n) is 0.1000. The van der Waals surface area contributed by atoms with E-state index >= 15 is 0 Å². The van der Waals surface area contributed by atoms with Crippen LogP contribution in [0.1, 0.15) is 0 Å². The Balaban J connectivity index is 2.73. The maximum atomic E-state index is 3.35. The van der Waals surface area contributed by atoms with Crippen molar-refractivity contribution in [1.29, 1.82) is 0 Å². The highest BCUT2D eigenvalue weighted by Crippen LogP contribution is 2.10. The van der Waals surface area contributed by atoms with E-state index in [1.807, 2.05) is 0 Å². The molecule has 0 spiro atoms. The highest BCUT2D eigenvalue weighted by Gasteiger charge is 1.62. The van der Waals surface area contributed by atoms with Gasteiger partial charge in [-0.2, -0.15) is 0 Å². The maximum absolute atomic E-state index is 3.35. The van der Waals surface area contributed by atoms with Gasteiger partial charge in [0.2, 0.25) is 0 Å². The van der Waals surface area contributed by atoms with Gasteiger partial charge in [-0.1, -0.05) is 15.7 Å². The molecular weight excluding hydrogens is 142 g/mol. The van der Waals surface area contributed by atoms with E-state index in [0.717, 1.165) is 11.6 Å². The molecule has 0 fully saturated rings. The lowest BCUT2D eigenvalue weighted by Gasteiger charge is -1.70. The van der Waals surface area contributed by atoms with Crippen molar-refractivity contribution in [3.05, 3.63) is 0 Å². The molecular formula is C2H4P2Si2. The molecule has 0 heterocycles. The summed E-state index contributed by atoms with van der Waals surface area (Å²) in [5.41, 5.74) is 0. The van der Waals surface area contributed by atoms with Gasteiger partial charge in [0, 0.05) is 20.5 Å². The molecule has 0 aliphatic carbocycles. The molecule has 0 rings (SSSR count). The monoisotopic (exact) mass is 146 g/mol. The third-order valence-corrected chi connectivity index (χ3v) is 4.72. The summed E-state index contributed by atoms with van der Waals surface area (Å²) >= 11 is 0. The second kappa shape index (κ2) is 6.03. The fraction of sp³-hybridized carbons (Fsp3) is 1.00. The van der Waals surface area contributed by atoms with E-state index in [4.69, 9.17) is 0 Å². The van der Waals surface area contributed by atoms with Crippen molar-refractivity contribution in [2.24, 2.45) is 0 Å². The molecule has 0 aromatic rings. The first-order chi connectivity index (χ1) is 2.91. The van der Waals surface area contributed by atoms with E-state index in [9.17, 15) is 0 Å². The summed E-state index contributed by atoms with van der Waals surface area (Å²) in [6.07, 6.45) is 0. The standard InChI is InChI=1S/C2H4P2Si2/c5-1-3-4-2-6/h1-2H2. The number of rotatable bonds is 2. The van der Waals surface area contributed by atoms with Crippen LogP contribution in [-0.4, -0.2) is 32.1 Å². The Labute approximate surface area is 48.4 Å². The molecule has 0 amide bonds. The summed E-state index contributed by atoms with van der Waals surface area (Å²) in [6.45, 7) is 0. The van der Waals surface area contributed by atoms with Gasteiger partial charge in [0.05, 0.1) is 0 Å². The van der Waals surface area contributed by atoms with Crippen LogP contribution in [0.4, 0.5) is 0 Å². The Morgan fingerprint density at radius 1 is 1.00 bits per heavy atom. The maximum Gasteiger partial charge on any atom is 0.0346 e. The van der Waals surface area contributed by atoms with Gasteiger partial charge in [0.15, 0.2) is 0 Å². The van der Waals surface area contributed by atoms with Crippen LogP contribution in [0.15, 0.2) is 0 Å². The minimum Gasteiger partial charge on any atom is -0.0804 e. The summed E-state index contributed by atoms with van der Waals surface area (Å²) in [6, 6.07) is 0. The third kappa shape index (κ3) is 5.03. The fourth-order valence-corrected chi connectivity index (χ4v) is 2.70. The van der Waals surface area contributed by atoms with Crippen molar-refractivity contribution < 1.29 is 0 Å². The molecule has 0 saturated heterocycles. The largest absolute Gasteiger partial charge is 0.0804 e. The lowest BCUT2D eigenvalue weighted by atomic mass is 11.9. The second-order valence-corrected chi connectivity index (χ2v) is 5.39. The number of hydrogen-bond donors (Lipinski definition) is 0. The van der Waals surface area contributed by atoms with Gasteiger partial charge in [0.25, 0.3) is 0 Å². The van der Waals surface area contributed by atoms with Crippen molar-refractivity contribution in [3.8, 4) is 0 Å². The lowest BCUT2D eigenvalue weighted by molar-refractivity contribution is 2.22.